The number of carbonyl (C=O) groups excluding carboxylic acids is 1. The zero-order valence-corrected chi connectivity index (χ0v) is 11.2. The molecule has 0 amide bonds. The molecule has 0 bridgehead atoms. The smallest absolute Gasteiger partial charge is 0.155 e. The van der Waals surface area contributed by atoms with E-state index in [9.17, 15) is 4.79 Å². The van der Waals surface area contributed by atoms with Crippen LogP contribution in [0.4, 0.5) is 0 Å². The second kappa shape index (κ2) is 5.85. The maximum atomic E-state index is 11.6. The van der Waals surface area contributed by atoms with E-state index in [0.29, 0.717) is 6.42 Å². The summed E-state index contributed by atoms with van der Waals surface area (Å²) in [5.74, 6) is 1.19. The zero-order valence-electron chi connectivity index (χ0n) is 11.2. The molecule has 0 fully saturated rings. The Morgan fingerprint density at radius 3 is 2.78 bits per heavy atom. The molecule has 0 radical (unpaired) electrons. The molecule has 0 aromatic heterocycles. The van der Waals surface area contributed by atoms with Crippen LogP contribution in [-0.2, 0) is 11.2 Å². The summed E-state index contributed by atoms with van der Waals surface area (Å²) in [4.78, 5) is 11.6. The molecule has 0 N–H and O–H groups in total. The molecule has 0 heterocycles. The lowest BCUT2D eigenvalue weighted by atomic mass is 9.99. The molecule has 1 aliphatic rings. The van der Waals surface area contributed by atoms with Gasteiger partial charge in [0.25, 0.3) is 0 Å². The number of ether oxygens (including phenoxy) is 1. The minimum atomic E-state index is 0.272. The standard InChI is InChI=1S/C16H20O2/c1-12-7-8-16(18-2)14(9-12)10-13-5-3-4-6-15(17)11-13/h7-9,11H,3-6,10H2,1-2H3. The lowest BCUT2D eigenvalue weighted by Gasteiger charge is -2.11. The lowest BCUT2D eigenvalue weighted by Crippen LogP contribution is -1.97. The van der Waals surface area contributed by atoms with Gasteiger partial charge in [-0.1, -0.05) is 23.3 Å². The van der Waals surface area contributed by atoms with Gasteiger partial charge in [0.2, 0.25) is 0 Å². The summed E-state index contributed by atoms with van der Waals surface area (Å²) < 4.78 is 5.39. The Hall–Kier alpha value is -1.57. The number of benzene rings is 1. The van der Waals surface area contributed by atoms with Crippen LogP contribution in [0.15, 0.2) is 29.8 Å². The minimum Gasteiger partial charge on any atom is -0.496 e. The normalized spacial score (nSPS) is 16.1. The molecule has 0 spiro atoms. The molecule has 1 aromatic carbocycles. The quantitative estimate of drug-likeness (QED) is 0.811. The fourth-order valence-electron chi connectivity index (χ4n) is 2.45. The molecule has 1 aromatic rings. The van der Waals surface area contributed by atoms with Crippen molar-refractivity contribution in [2.24, 2.45) is 0 Å². The second-order valence-electron chi connectivity index (χ2n) is 4.97. The van der Waals surface area contributed by atoms with Gasteiger partial charge < -0.3 is 4.74 Å². The predicted octanol–water partition coefficient (Wildman–Crippen LogP) is 3.62. The first kappa shape index (κ1) is 12.9. The first-order chi connectivity index (χ1) is 8.69. The fraction of sp³-hybridized carbons (Fsp3) is 0.438. The fourth-order valence-corrected chi connectivity index (χ4v) is 2.45. The third-order valence-corrected chi connectivity index (χ3v) is 3.39. The topological polar surface area (TPSA) is 26.3 Å². The van der Waals surface area contributed by atoms with Crippen LogP contribution in [0.2, 0.25) is 0 Å². The molecule has 0 aliphatic heterocycles. The van der Waals surface area contributed by atoms with Gasteiger partial charge in [0.1, 0.15) is 5.75 Å². The molecule has 2 heteroatoms. The summed E-state index contributed by atoms with van der Waals surface area (Å²) in [5.41, 5.74) is 3.64. The van der Waals surface area contributed by atoms with Crippen LogP contribution < -0.4 is 4.74 Å². The molecule has 0 saturated heterocycles. The van der Waals surface area contributed by atoms with Crippen molar-refractivity contribution < 1.29 is 9.53 Å². The van der Waals surface area contributed by atoms with Crippen molar-refractivity contribution in [1.29, 1.82) is 0 Å². The van der Waals surface area contributed by atoms with E-state index in [1.807, 2.05) is 12.1 Å². The summed E-state index contributed by atoms with van der Waals surface area (Å²) in [6, 6.07) is 6.20. The second-order valence-corrected chi connectivity index (χ2v) is 4.97. The SMILES string of the molecule is COc1ccc(C)cc1CC1=CC(=O)CCCC1. The van der Waals surface area contributed by atoms with Gasteiger partial charge in [-0.05, 0) is 50.3 Å². The first-order valence-corrected chi connectivity index (χ1v) is 6.55. The van der Waals surface area contributed by atoms with E-state index < -0.39 is 0 Å². The van der Waals surface area contributed by atoms with E-state index >= 15 is 0 Å². The van der Waals surface area contributed by atoms with E-state index in [1.165, 1.54) is 16.7 Å². The van der Waals surface area contributed by atoms with Gasteiger partial charge in [0, 0.05) is 6.42 Å². The molecular weight excluding hydrogens is 224 g/mol. The monoisotopic (exact) mass is 244 g/mol. The zero-order chi connectivity index (χ0) is 13.0. The highest BCUT2D eigenvalue weighted by molar-refractivity contribution is 5.90. The Labute approximate surface area is 109 Å². The van der Waals surface area contributed by atoms with Crippen molar-refractivity contribution in [1.82, 2.24) is 0 Å². The summed E-state index contributed by atoms with van der Waals surface area (Å²) in [6.45, 7) is 2.08. The highest BCUT2D eigenvalue weighted by Gasteiger charge is 2.11. The van der Waals surface area contributed by atoms with Crippen molar-refractivity contribution in [2.75, 3.05) is 7.11 Å². The molecule has 0 unspecified atom stereocenters. The van der Waals surface area contributed by atoms with Crippen LogP contribution in [0.1, 0.15) is 36.8 Å². The van der Waals surface area contributed by atoms with Gasteiger partial charge >= 0.3 is 0 Å². The van der Waals surface area contributed by atoms with Gasteiger partial charge in [0.05, 0.1) is 7.11 Å². The Morgan fingerprint density at radius 1 is 1.22 bits per heavy atom. The number of ketones is 1. The number of allylic oxidation sites excluding steroid dienone is 2. The molecule has 2 rings (SSSR count). The highest BCUT2D eigenvalue weighted by atomic mass is 16.5. The first-order valence-electron chi connectivity index (χ1n) is 6.55. The van der Waals surface area contributed by atoms with Crippen LogP contribution in [0.5, 0.6) is 5.75 Å². The van der Waals surface area contributed by atoms with Crippen molar-refractivity contribution in [3.63, 3.8) is 0 Å². The van der Waals surface area contributed by atoms with Gasteiger partial charge in [-0.25, -0.2) is 0 Å². The lowest BCUT2D eigenvalue weighted by molar-refractivity contribution is -0.114. The molecule has 96 valence electrons. The van der Waals surface area contributed by atoms with E-state index in [1.54, 1.807) is 7.11 Å². The Balaban J connectivity index is 2.22. The summed E-state index contributed by atoms with van der Waals surface area (Å²) in [5, 5.41) is 0. The van der Waals surface area contributed by atoms with E-state index in [0.717, 1.165) is 31.4 Å². The molecule has 0 saturated carbocycles. The van der Waals surface area contributed by atoms with Crippen LogP contribution in [0.25, 0.3) is 0 Å². The summed E-state index contributed by atoms with van der Waals surface area (Å²) >= 11 is 0. The van der Waals surface area contributed by atoms with Crippen LogP contribution in [-0.4, -0.2) is 12.9 Å². The minimum absolute atomic E-state index is 0.272. The average Bonchev–Trinajstić information content (AvgIpc) is 2.54. The van der Waals surface area contributed by atoms with Gasteiger partial charge in [-0.3, -0.25) is 4.79 Å². The Bertz CT molecular complexity index is 472. The maximum Gasteiger partial charge on any atom is 0.155 e. The largest absolute Gasteiger partial charge is 0.496 e. The van der Waals surface area contributed by atoms with Crippen LogP contribution in [0.3, 0.4) is 0 Å². The number of hydrogen-bond donors (Lipinski definition) is 0. The predicted molar refractivity (Wildman–Crippen MR) is 73.0 cm³/mol. The molecule has 2 nitrogen and oxygen atoms in total. The Kier molecular flexibility index (Phi) is 4.19. The maximum absolute atomic E-state index is 11.6. The van der Waals surface area contributed by atoms with Gasteiger partial charge in [0.15, 0.2) is 5.78 Å². The molecule has 18 heavy (non-hydrogen) atoms. The van der Waals surface area contributed by atoms with Gasteiger partial charge in [-0.2, -0.15) is 0 Å². The Morgan fingerprint density at radius 2 is 2.00 bits per heavy atom. The average molecular weight is 244 g/mol. The summed E-state index contributed by atoms with van der Waals surface area (Å²) in [6.07, 6.45) is 6.54. The van der Waals surface area contributed by atoms with E-state index in [2.05, 4.69) is 19.1 Å². The van der Waals surface area contributed by atoms with Gasteiger partial charge in [-0.15, -0.1) is 0 Å². The number of methoxy groups -OCH3 is 1. The number of carbonyl (C=O) groups is 1. The summed E-state index contributed by atoms with van der Waals surface area (Å²) in [7, 11) is 1.70. The number of rotatable bonds is 3. The third kappa shape index (κ3) is 3.22. The third-order valence-electron chi connectivity index (χ3n) is 3.39. The molecular formula is C16H20O2. The van der Waals surface area contributed by atoms with Crippen LogP contribution in [0, 0.1) is 6.92 Å². The van der Waals surface area contributed by atoms with Crippen molar-refractivity contribution >= 4 is 5.78 Å². The van der Waals surface area contributed by atoms with Crippen molar-refractivity contribution in [3.05, 3.63) is 41.0 Å². The van der Waals surface area contributed by atoms with E-state index in [4.69, 9.17) is 4.74 Å². The molecule has 0 atom stereocenters. The van der Waals surface area contributed by atoms with Crippen molar-refractivity contribution in [3.8, 4) is 5.75 Å². The molecule has 1 aliphatic carbocycles. The number of hydrogen-bond acceptors (Lipinski definition) is 2. The van der Waals surface area contributed by atoms with Crippen molar-refractivity contribution in [2.45, 2.75) is 39.0 Å². The number of aryl methyl sites for hydroxylation is 1. The van der Waals surface area contributed by atoms with Crippen LogP contribution >= 0.6 is 0 Å². The van der Waals surface area contributed by atoms with E-state index in [-0.39, 0.29) is 5.78 Å². The highest BCUT2D eigenvalue weighted by Crippen LogP contribution is 2.26.